The highest BCUT2D eigenvalue weighted by molar-refractivity contribution is 7.15. The van der Waals surface area contributed by atoms with Gasteiger partial charge >= 0.3 is 11.7 Å². The van der Waals surface area contributed by atoms with Crippen LogP contribution in [0, 0.1) is 16.0 Å². The van der Waals surface area contributed by atoms with E-state index in [0.717, 1.165) is 0 Å². The molecule has 7 heteroatoms. The molecule has 0 amide bonds. The van der Waals surface area contributed by atoms with Gasteiger partial charge in [0, 0.05) is 5.38 Å². The standard InChI is InChI=1S/C9H11N3O3S/c1-6(2)5-15-7-8(12(13)14)11-3-4-16-9(11)10-7/h3-4,6H,5H2,1-2H3. The molecule has 0 aliphatic rings. The number of hydrogen-bond donors (Lipinski definition) is 0. The molecule has 0 aromatic carbocycles. The molecule has 0 bridgehead atoms. The molecule has 0 unspecified atom stereocenters. The molecule has 0 spiro atoms. The fraction of sp³-hybridized carbons (Fsp3) is 0.444. The molecule has 0 saturated carbocycles. The maximum Gasteiger partial charge on any atom is 0.393 e. The molecule has 0 radical (unpaired) electrons. The maximum atomic E-state index is 10.9. The molecular weight excluding hydrogens is 230 g/mol. The number of thiazole rings is 1. The number of imidazole rings is 1. The lowest BCUT2D eigenvalue weighted by molar-refractivity contribution is -0.391. The van der Waals surface area contributed by atoms with Crippen molar-refractivity contribution < 1.29 is 9.66 Å². The topological polar surface area (TPSA) is 69.7 Å². The highest BCUT2D eigenvalue weighted by Crippen LogP contribution is 2.30. The number of rotatable bonds is 4. The SMILES string of the molecule is CC(C)COc1nc2sccn2c1[N+](=O)[O-]. The molecule has 16 heavy (non-hydrogen) atoms. The first-order chi connectivity index (χ1) is 7.59. The Morgan fingerprint density at radius 1 is 1.69 bits per heavy atom. The second kappa shape index (κ2) is 4.09. The van der Waals surface area contributed by atoms with Crippen LogP contribution in [0.3, 0.4) is 0 Å². The Labute approximate surface area is 95.6 Å². The van der Waals surface area contributed by atoms with Gasteiger partial charge in [0.1, 0.15) is 6.20 Å². The van der Waals surface area contributed by atoms with Crippen LogP contribution in [0.1, 0.15) is 13.8 Å². The van der Waals surface area contributed by atoms with Crippen molar-refractivity contribution in [2.75, 3.05) is 6.61 Å². The second-order valence-corrected chi connectivity index (χ2v) is 4.63. The van der Waals surface area contributed by atoms with Gasteiger partial charge in [-0.1, -0.05) is 25.2 Å². The van der Waals surface area contributed by atoms with Crippen LogP contribution in [-0.4, -0.2) is 20.9 Å². The van der Waals surface area contributed by atoms with Gasteiger partial charge in [0.05, 0.1) is 6.61 Å². The van der Waals surface area contributed by atoms with Crippen molar-refractivity contribution >= 4 is 22.1 Å². The Bertz CT molecular complexity index is 517. The molecule has 6 nitrogen and oxygen atoms in total. The minimum absolute atomic E-state index is 0.100. The van der Waals surface area contributed by atoms with E-state index in [-0.39, 0.29) is 11.7 Å². The van der Waals surface area contributed by atoms with Gasteiger partial charge in [0.25, 0.3) is 4.96 Å². The molecule has 0 atom stereocenters. The zero-order valence-electron chi connectivity index (χ0n) is 8.91. The average Bonchev–Trinajstić information content (AvgIpc) is 2.71. The van der Waals surface area contributed by atoms with Crippen molar-refractivity contribution in [1.82, 2.24) is 9.38 Å². The Morgan fingerprint density at radius 3 is 3.06 bits per heavy atom. The molecule has 0 N–H and O–H groups in total. The first kappa shape index (κ1) is 10.9. The van der Waals surface area contributed by atoms with Crippen LogP contribution in [0.25, 0.3) is 4.96 Å². The lowest BCUT2D eigenvalue weighted by Crippen LogP contribution is -2.06. The van der Waals surface area contributed by atoms with E-state index in [9.17, 15) is 10.1 Å². The molecule has 2 rings (SSSR count). The van der Waals surface area contributed by atoms with Crippen LogP contribution >= 0.6 is 11.3 Å². The van der Waals surface area contributed by atoms with Crippen LogP contribution in [0.5, 0.6) is 5.88 Å². The Kier molecular flexibility index (Phi) is 2.78. The third-order valence-corrected chi connectivity index (χ3v) is 2.69. The highest BCUT2D eigenvalue weighted by atomic mass is 32.1. The number of aromatic nitrogens is 2. The summed E-state index contributed by atoms with van der Waals surface area (Å²) in [7, 11) is 0. The van der Waals surface area contributed by atoms with E-state index in [1.165, 1.54) is 15.7 Å². The number of hydrogen-bond acceptors (Lipinski definition) is 5. The Morgan fingerprint density at radius 2 is 2.44 bits per heavy atom. The van der Waals surface area contributed by atoms with Crippen molar-refractivity contribution in [3.63, 3.8) is 0 Å². The van der Waals surface area contributed by atoms with Crippen LogP contribution in [0.4, 0.5) is 5.82 Å². The highest BCUT2D eigenvalue weighted by Gasteiger charge is 2.25. The van der Waals surface area contributed by atoms with E-state index in [4.69, 9.17) is 4.74 Å². The summed E-state index contributed by atoms with van der Waals surface area (Å²) in [6, 6.07) is 0. The van der Waals surface area contributed by atoms with Crippen LogP contribution in [0.2, 0.25) is 0 Å². The van der Waals surface area contributed by atoms with E-state index in [0.29, 0.717) is 17.5 Å². The van der Waals surface area contributed by atoms with Gasteiger partial charge in [-0.15, -0.1) is 0 Å². The van der Waals surface area contributed by atoms with E-state index < -0.39 is 4.92 Å². The zero-order valence-corrected chi connectivity index (χ0v) is 9.73. The van der Waals surface area contributed by atoms with Crippen molar-refractivity contribution in [2.45, 2.75) is 13.8 Å². The van der Waals surface area contributed by atoms with Gasteiger partial charge in [-0.3, -0.25) is 0 Å². The third-order valence-electron chi connectivity index (χ3n) is 1.93. The lowest BCUT2D eigenvalue weighted by atomic mass is 10.2. The predicted molar refractivity (Wildman–Crippen MR) is 60.1 cm³/mol. The molecule has 2 aromatic rings. The Hall–Kier alpha value is -1.63. The number of nitro groups is 1. The summed E-state index contributed by atoms with van der Waals surface area (Å²) >= 11 is 1.34. The van der Waals surface area contributed by atoms with Crippen molar-refractivity contribution in [3.05, 3.63) is 21.7 Å². The maximum absolute atomic E-state index is 10.9. The largest absolute Gasteiger partial charge is 0.471 e. The Balaban J connectivity index is 2.39. The molecule has 86 valence electrons. The minimum atomic E-state index is -0.470. The van der Waals surface area contributed by atoms with Crippen LogP contribution < -0.4 is 4.74 Å². The van der Waals surface area contributed by atoms with Gasteiger partial charge in [-0.05, 0) is 10.8 Å². The van der Waals surface area contributed by atoms with Gasteiger partial charge in [0.15, 0.2) is 0 Å². The van der Waals surface area contributed by atoms with Crippen molar-refractivity contribution in [3.8, 4) is 5.88 Å². The molecular formula is C9H11N3O3S. The summed E-state index contributed by atoms with van der Waals surface area (Å²) < 4.78 is 6.77. The second-order valence-electron chi connectivity index (χ2n) is 3.76. The predicted octanol–water partition coefficient (Wildman–Crippen LogP) is 2.34. The van der Waals surface area contributed by atoms with Gasteiger partial charge < -0.3 is 14.9 Å². The minimum Gasteiger partial charge on any atom is -0.471 e. The van der Waals surface area contributed by atoms with Gasteiger partial charge in [0.2, 0.25) is 0 Å². The van der Waals surface area contributed by atoms with Crippen molar-refractivity contribution in [2.24, 2.45) is 5.92 Å². The fourth-order valence-corrected chi connectivity index (χ4v) is 1.96. The quantitative estimate of drug-likeness (QED) is 0.608. The van der Waals surface area contributed by atoms with E-state index >= 15 is 0 Å². The summed E-state index contributed by atoms with van der Waals surface area (Å²) in [5.74, 6) is 0.307. The van der Waals surface area contributed by atoms with E-state index in [2.05, 4.69) is 4.98 Å². The van der Waals surface area contributed by atoms with Crippen LogP contribution in [-0.2, 0) is 0 Å². The molecule has 0 fully saturated rings. The smallest absolute Gasteiger partial charge is 0.393 e. The average molecular weight is 241 g/mol. The monoisotopic (exact) mass is 241 g/mol. The van der Waals surface area contributed by atoms with Crippen LogP contribution in [0.15, 0.2) is 11.6 Å². The molecule has 0 aliphatic carbocycles. The molecule has 0 aliphatic heterocycles. The van der Waals surface area contributed by atoms with Gasteiger partial charge in [-0.2, -0.15) is 9.38 Å². The summed E-state index contributed by atoms with van der Waals surface area (Å²) in [4.78, 5) is 15.1. The summed E-state index contributed by atoms with van der Waals surface area (Å²) in [5, 5.41) is 12.7. The number of nitrogens with zero attached hydrogens (tertiary/aromatic N) is 3. The normalized spacial score (nSPS) is 11.2. The molecule has 2 aromatic heterocycles. The fourth-order valence-electron chi connectivity index (χ4n) is 1.26. The third kappa shape index (κ3) is 1.85. The van der Waals surface area contributed by atoms with E-state index in [1.807, 2.05) is 13.8 Å². The molecule has 2 heterocycles. The first-order valence-corrected chi connectivity index (χ1v) is 5.70. The summed E-state index contributed by atoms with van der Waals surface area (Å²) in [6.45, 7) is 4.38. The lowest BCUT2D eigenvalue weighted by Gasteiger charge is -2.04. The number of ether oxygens (including phenoxy) is 1. The van der Waals surface area contributed by atoms with Crippen molar-refractivity contribution in [1.29, 1.82) is 0 Å². The summed E-state index contributed by atoms with van der Waals surface area (Å²) in [6.07, 6.45) is 1.62. The summed E-state index contributed by atoms with van der Waals surface area (Å²) in [5.41, 5.74) is 0. The van der Waals surface area contributed by atoms with Gasteiger partial charge in [-0.25, -0.2) is 0 Å². The zero-order chi connectivity index (χ0) is 11.7. The number of fused-ring (bicyclic) bond motifs is 1. The van der Waals surface area contributed by atoms with E-state index in [1.54, 1.807) is 11.6 Å². The molecule has 0 saturated heterocycles. The first-order valence-electron chi connectivity index (χ1n) is 4.82.